The van der Waals surface area contributed by atoms with E-state index in [-0.39, 0.29) is 12.3 Å². The number of hydrogen-bond acceptors (Lipinski definition) is 4. The lowest BCUT2D eigenvalue weighted by atomic mass is 10.1. The standard InChI is InChI=1S/C22H24N2O3/c1-3-4-6-16-9-11-18(12-10-16)23-22(25)15-19-14-21(27-24-19)17-7-5-8-20(13-17)26-2/h5,7-14H,3-4,6,15H2,1-2H3,(H,23,25). The number of hydrogen-bond donors (Lipinski definition) is 1. The Hall–Kier alpha value is -3.08. The molecule has 5 heteroatoms. The second-order valence-corrected chi connectivity index (χ2v) is 6.44. The number of methoxy groups -OCH3 is 1. The number of nitrogens with one attached hydrogen (secondary N) is 1. The van der Waals surface area contributed by atoms with Gasteiger partial charge in [-0.3, -0.25) is 4.79 Å². The third-order valence-electron chi connectivity index (χ3n) is 4.31. The van der Waals surface area contributed by atoms with Gasteiger partial charge in [0.25, 0.3) is 0 Å². The number of aromatic nitrogens is 1. The zero-order valence-corrected chi connectivity index (χ0v) is 15.7. The molecule has 0 saturated heterocycles. The molecule has 0 spiro atoms. The fourth-order valence-electron chi connectivity index (χ4n) is 2.81. The van der Waals surface area contributed by atoms with Gasteiger partial charge in [0, 0.05) is 17.3 Å². The number of ether oxygens (including phenoxy) is 1. The van der Waals surface area contributed by atoms with E-state index < -0.39 is 0 Å². The summed E-state index contributed by atoms with van der Waals surface area (Å²) < 4.78 is 10.6. The van der Waals surface area contributed by atoms with Gasteiger partial charge in [0.1, 0.15) is 5.75 Å². The first-order valence-corrected chi connectivity index (χ1v) is 9.16. The minimum absolute atomic E-state index is 0.123. The molecule has 1 amide bonds. The van der Waals surface area contributed by atoms with Gasteiger partial charge in [0.05, 0.1) is 19.2 Å². The Balaban J connectivity index is 1.59. The van der Waals surface area contributed by atoms with Crippen LogP contribution in [0.25, 0.3) is 11.3 Å². The summed E-state index contributed by atoms with van der Waals surface area (Å²) in [6, 6.07) is 17.3. The number of amides is 1. The van der Waals surface area contributed by atoms with Crippen LogP contribution in [0.5, 0.6) is 5.75 Å². The number of aryl methyl sites for hydroxylation is 1. The third-order valence-corrected chi connectivity index (χ3v) is 4.31. The highest BCUT2D eigenvalue weighted by molar-refractivity contribution is 5.92. The summed E-state index contributed by atoms with van der Waals surface area (Å²) >= 11 is 0. The Morgan fingerprint density at radius 1 is 1.15 bits per heavy atom. The van der Waals surface area contributed by atoms with Crippen molar-refractivity contribution in [3.05, 3.63) is 65.9 Å². The largest absolute Gasteiger partial charge is 0.497 e. The number of benzene rings is 2. The van der Waals surface area contributed by atoms with E-state index in [0.29, 0.717) is 11.5 Å². The SMILES string of the molecule is CCCCc1ccc(NC(=O)Cc2cc(-c3cccc(OC)c3)on2)cc1. The van der Waals surface area contributed by atoms with E-state index in [4.69, 9.17) is 9.26 Å². The highest BCUT2D eigenvalue weighted by Gasteiger charge is 2.11. The number of rotatable bonds is 8. The maximum Gasteiger partial charge on any atom is 0.230 e. The first-order chi connectivity index (χ1) is 13.2. The number of nitrogens with zero attached hydrogens (tertiary/aromatic N) is 1. The van der Waals surface area contributed by atoms with Crippen LogP contribution in [0.2, 0.25) is 0 Å². The molecule has 0 aliphatic carbocycles. The van der Waals surface area contributed by atoms with Crippen molar-refractivity contribution in [3.63, 3.8) is 0 Å². The molecule has 1 heterocycles. The normalized spacial score (nSPS) is 10.6. The smallest absolute Gasteiger partial charge is 0.230 e. The van der Waals surface area contributed by atoms with E-state index in [2.05, 4.69) is 29.5 Å². The molecule has 1 aromatic heterocycles. The Morgan fingerprint density at radius 3 is 2.70 bits per heavy atom. The second-order valence-electron chi connectivity index (χ2n) is 6.44. The molecule has 2 aromatic carbocycles. The van der Waals surface area contributed by atoms with Gasteiger partial charge in [-0.2, -0.15) is 0 Å². The van der Waals surface area contributed by atoms with Crippen LogP contribution in [0.4, 0.5) is 5.69 Å². The topological polar surface area (TPSA) is 64.4 Å². The summed E-state index contributed by atoms with van der Waals surface area (Å²) in [5, 5.41) is 6.90. The van der Waals surface area contributed by atoms with Crippen LogP contribution in [-0.2, 0) is 17.6 Å². The molecule has 0 aliphatic rings. The van der Waals surface area contributed by atoms with E-state index in [1.165, 1.54) is 18.4 Å². The lowest BCUT2D eigenvalue weighted by Crippen LogP contribution is -2.14. The van der Waals surface area contributed by atoms with Crippen molar-refractivity contribution >= 4 is 11.6 Å². The maximum atomic E-state index is 12.3. The van der Waals surface area contributed by atoms with Crippen LogP contribution in [0, 0.1) is 0 Å². The molecule has 3 rings (SSSR count). The van der Waals surface area contributed by atoms with Crippen LogP contribution in [0.15, 0.2) is 59.1 Å². The lowest BCUT2D eigenvalue weighted by molar-refractivity contribution is -0.115. The summed E-state index contributed by atoms with van der Waals surface area (Å²) in [5.41, 5.74) is 3.52. The molecule has 0 saturated carbocycles. The minimum atomic E-state index is -0.123. The van der Waals surface area contributed by atoms with E-state index in [0.717, 1.165) is 23.4 Å². The van der Waals surface area contributed by atoms with Gasteiger partial charge in [-0.05, 0) is 42.7 Å². The summed E-state index contributed by atoms with van der Waals surface area (Å²) in [5.74, 6) is 1.23. The average molecular weight is 364 g/mol. The maximum absolute atomic E-state index is 12.3. The summed E-state index contributed by atoms with van der Waals surface area (Å²) in [4.78, 5) is 12.3. The van der Waals surface area contributed by atoms with Crippen LogP contribution in [0.1, 0.15) is 31.0 Å². The van der Waals surface area contributed by atoms with Gasteiger partial charge in [-0.1, -0.05) is 42.8 Å². The fraction of sp³-hybridized carbons (Fsp3) is 0.273. The minimum Gasteiger partial charge on any atom is -0.497 e. The Bertz CT molecular complexity index is 885. The molecule has 27 heavy (non-hydrogen) atoms. The fourth-order valence-corrected chi connectivity index (χ4v) is 2.81. The van der Waals surface area contributed by atoms with Crippen molar-refractivity contribution in [1.82, 2.24) is 5.16 Å². The molecular weight excluding hydrogens is 340 g/mol. The predicted octanol–water partition coefficient (Wildman–Crippen LogP) is 4.87. The van der Waals surface area contributed by atoms with Gasteiger partial charge >= 0.3 is 0 Å². The zero-order chi connectivity index (χ0) is 19.1. The molecule has 0 radical (unpaired) electrons. The summed E-state index contributed by atoms with van der Waals surface area (Å²) in [6.07, 6.45) is 3.57. The lowest BCUT2D eigenvalue weighted by Gasteiger charge is -2.05. The highest BCUT2D eigenvalue weighted by Crippen LogP contribution is 2.24. The molecular formula is C22H24N2O3. The molecule has 0 atom stereocenters. The van der Waals surface area contributed by atoms with Gasteiger partial charge in [0.15, 0.2) is 5.76 Å². The summed E-state index contributed by atoms with van der Waals surface area (Å²) in [7, 11) is 1.62. The second kappa shape index (κ2) is 9.03. The van der Waals surface area contributed by atoms with Crippen LogP contribution in [0.3, 0.4) is 0 Å². The van der Waals surface area contributed by atoms with Crippen LogP contribution >= 0.6 is 0 Å². The number of anilines is 1. The van der Waals surface area contributed by atoms with Gasteiger partial charge in [-0.25, -0.2) is 0 Å². The number of carbonyl (C=O) groups excluding carboxylic acids is 1. The average Bonchev–Trinajstić information content (AvgIpc) is 3.16. The number of carbonyl (C=O) groups is 1. The molecule has 5 nitrogen and oxygen atoms in total. The number of unbranched alkanes of at least 4 members (excludes halogenated alkanes) is 1. The van der Waals surface area contributed by atoms with Crippen molar-refractivity contribution in [1.29, 1.82) is 0 Å². The highest BCUT2D eigenvalue weighted by atomic mass is 16.5. The monoisotopic (exact) mass is 364 g/mol. The molecule has 0 fully saturated rings. The van der Waals surface area contributed by atoms with E-state index in [9.17, 15) is 4.79 Å². The van der Waals surface area contributed by atoms with Crippen LogP contribution in [-0.4, -0.2) is 18.2 Å². The van der Waals surface area contributed by atoms with Crippen molar-refractivity contribution < 1.29 is 14.1 Å². The Labute approximate surface area is 159 Å². The molecule has 1 N–H and O–H groups in total. The van der Waals surface area contributed by atoms with Crippen molar-refractivity contribution in [2.45, 2.75) is 32.6 Å². The Kier molecular flexibility index (Phi) is 6.26. The first-order valence-electron chi connectivity index (χ1n) is 9.16. The van der Waals surface area contributed by atoms with Gasteiger partial charge < -0.3 is 14.6 Å². The Morgan fingerprint density at radius 2 is 1.96 bits per heavy atom. The predicted molar refractivity (Wildman–Crippen MR) is 106 cm³/mol. The first kappa shape index (κ1) is 18.7. The quantitative estimate of drug-likeness (QED) is 0.619. The van der Waals surface area contributed by atoms with Crippen molar-refractivity contribution in [3.8, 4) is 17.1 Å². The van der Waals surface area contributed by atoms with Gasteiger partial charge in [-0.15, -0.1) is 0 Å². The molecule has 140 valence electrons. The third kappa shape index (κ3) is 5.20. The molecule has 0 aliphatic heterocycles. The molecule has 0 bridgehead atoms. The van der Waals surface area contributed by atoms with E-state index in [1.54, 1.807) is 13.2 Å². The van der Waals surface area contributed by atoms with Crippen LogP contribution < -0.4 is 10.1 Å². The zero-order valence-electron chi connectivity index (χ0n) is 15.7. The van der Waals surface area contributed by atoms with E-state index in [1.807, 2.05) is 36.4 Å². The molecule has 3 aromatic rings. The van der Waals surface area contributed by atoms with Crippen molar-refractivity contribution in [2.75, 3.05) is 12.4 Å². The van der Waals surface area contributed by atoms with Crippen molar-refractivity contribution in [2.24, 2.45) is 0 Å². The van der Waals surface area contributed by atoms with Gasteiger partial charge in [0.2, 0.25) is 5.91 Å². The summed E-state index contributed by atoms with van der Waals surface area (Å²) in [6.45, 7) is 2.18. The van der Waals surface area contributed by atoms with E-state index >= 15 is 0 Å². The molecule has 0 unspecified atom stereocenters.